The van der Waals surface area contributed by atoms with Gasteiger partial charge >= 0.3 is 0 Å². The highest BCUT2D eigenvalue weighted by Gasteiger charge is 2.23. The smallest absolute Gasteiger partial charge is 0.145 e. The van der Waals surface area contributed by atoms with Crippen molar-refractivity contribution in [1.29, 1.82) is 0 Å². The average molecular weight is 409 g/mol. The molecule has 5 rings (SSSR count). The fourth-order valence-corrected chi connectivity index (χ4v) is 4.58. The van der Waals surface area contributed by atoms with E-state index in [4.69, 9.17) is 14.5 Å². The summed E-state index contributed by atoms with van der Waals surface area (Å²) < 4.78 is 13.1. The van der Waals surface area contributed by atoms with Gasteiger partial charge in [0.15, 0.2) is 0 Å². The number of methoxy groups -OCH3 is 1. The molecule has 2 saturated heterocycles. The van der Waals surface area contributed by atoms with E-state index in [9.17, 15) is 0 Å². The van der Waals surface area contributed by atoms with Gasteiger partial charge in [0.1, 0.15) is 22.9 Å². The van der Waals surface area contributed by atoms with Gasteiger partial charge in [-0.25, -0.2) is 9.67 Å². The number of hydrogen-bond acceptors (Lipinski definition) is 7. The van der Waals surface area contributed by atoms with Crippen molar-refractivity contribution in [1.82, 2.24) is 25.3 Å². The molecule has 0 saturated carbocycles. The van der Waals surface area contributed by atoms with Crippen molar-refractivity contribution in [3.8, 4) is 11.4 Å². The second-order valence-electron chi connectivity index (χ2n) is 8.01. The number of hydrogen-bond donors (Lipinski definition) is 2. The molecule has 2 N–H and O–H groups in total. The third-order valence-electron chi connectivity index (χ3n) is 6.23. The Hall–Kier alpha value is -2.71. The molecule has 2 aliphatic rings. The van der Waals surface area contributed by atoms with E-state index in [-0.39, 0.29) is 6.04 Å². The third-order valence-corrected chi connectivity index (χ3v) is 6.23. The molecule has 8 heteroatoms. The van der Waals surface area contributed by atoms with Gasteiger partial charge in [0.05, 0.1) is 24.9 Å². The molecular formula is C22H28N6O2. The van der Waals surface area contributed by atoms with Gasteiger partial charge in [0.25, 0.3) is 0 Å². The summed E-state index contributed by atoms with van der Waals surface area (Å²) in [6.07, 6.45) is 6.30. The van der Waals surface area contributed by atoms with Crippen LogP contribution in [0.25, 0.3) is 16.6 Å². The maximum absolute atomic E-state index is 5.77. The van der Waals surface area contributed by atoms with Crippen LogP contribution in [0.4, 0.5) is 5.82 Å². The van der Waals surface area contributed by atoms with Crippen LogP contribution in [0.3, 0.4) is 0 Å². The van der Waals surface area contributed by atoms with E-state index >= 15 is 0 Å². The number of aromatic nitrogens is 4. The van der Waals surface area contributed by atoms with Crippen LogP contribution in [0.2, 0.25) is 0 Å². The fraction of sp³-hybridized carbons (Fsp3) is 0.500. The number of benzene rings is 1. The van der Waals surface area contributed by atoms with Crippen molar-refractivity contribution in [3.05, 3.63) is 35.7 Å². The van der Waals surface area contributed by atoms with E-state index in [1.807, 2.05) is 13.2 Å². The van der Waals surface area contributed by atoms with E-state index in [2.05, 4.69) is 39.1 Å². The Labute approximate surface area is 176 Å². The Morgan fingerprint density at radius 3 is 2.80 bits per heavy atom. The van der Waals surface area contributed by atoms with Crippen LogP contribution in [0, 0.1) is 0 Å². The summed E-state index contributed by atoms with van der Waals surface area (Å²) in [5.74, 6) is 2.10. The first-order chi connectivity index (χ1) is 14.8. The minimum atomic E-state index is 0.277. The first kappa shape index (κ1) is 19.3. The van der Waals surface area contributed by atoms with Crippen molar-refractivity contribution < 1.29 is 9.47 Å². The van der Waals surface area contributed by atoms with E-state index in [1.165, 1.54) is 12.0 Å². The zero-order valence-corrected chi connectivity index (χ0v) is 17.5. The highest BCUT2D eigenvalue weighted by molar-refractivity contribution is 5.88. The van der Waals surface area contributed by atoms with Crippen LogP contribution in [0.5, 0.6) is 5.75 Å². The lowest BCUT2D eigenvalue weighted by atomic mass is 9.89. The van der Waals surface area contributed by atoms with Crippen LogP contribution in [-0.2, 0) is 4.74 Å². The minimum absolute atomic E-state index is 0.277. The molecule has 4 heterocycles. The van der Waals surface area contributed by atoms with Crippen molar-refractivity contribution in [2.75, 3.05) is 39.2 Å². The van der Waals surface area contributed by atoms with E-state index < -0.39 is 0 Å². The summed E-state index contributed by atoms with van der Waals surface area (Å²) in [7, 11) is 3.61. The van der Waals surface area contributed by atoms with Crippen LogP contribution in [0.15, 0.2) is 24.4 Å². The molecule has 1 atom stereocenters. The maximum Gasteiger partial charge on any atom is 0.145 e. The summed E-state index contributed by atoms with van der Waals surface area (Å²) in [5.41, 5.74) is 4.04. The van der Waals surface area contributed by atoms with Crippen LogP contribution in [0.1, 0.15) is 48.9 Å². The molecule has 0 bridgehead atoms. The summed E-state index contributed by atoms with van der Waals surface area (Å²) >= 11 is 0. The Bertz CT molecular complexity index is 1040. The second-order valence-corrected chi connectivity index (χ2v) is 8.01. The summed E-state index contributed by atoms with van der Waals surface area (Å²) in [6.45, 7) is 2.63. The molecule has 0 radical (unpaired) electrons. The Morgan fingerprint density at radius 2 is 2.07 bits per heavy atom. The predicted octanol–water partition coefficient (Wildman–Crippen LogP) is 3.18. The summed E-state index contributed by atoms with van der Waals surface area (Å²) in [5, 5.41) is 16.6. The van der Waals surface area contributed by atoms with Gasteiger partial charge in [-0.3, -0.25) is 0 Å². The van der Waals surface area contributed by atoms with Crippen LogP contribution < -0.4 is 15.4 Å². The number of anilines is 1. The molecular weight excluding hydrogens is 380 g/mol. The van der Waals surface area contributed by atoms with E-state index in [1.54, 1.807) is 11.8 Å². The highest BCUT2D eigenvalue weighted by atomic mass is 16.5. The van der Waals surface area contributed by atoms with Gasteiger partial charge in [-0.1, -0.05) is 5.21 Å². The van der Waals surface area contributed by atoms with Crippen molar-refractivity contribution >= 4 is 16.7 Å². The molecule has 2 aliphatic heterocycles. The Balaban J connectivity index is 1.61. The van der Waals surface area contributed by atoms with Gasteiger partial charge in [-0.15, -0.1) is 5.10 Å². The molecule has 1 aromatic carbocycles. The van der Waals surface area contributed by atoms with E-state index in [0.29, 0.717) is 5.92 Å². The summed E-state index contributed by atoms with van der Waals surface area (Å²) in [6, 6.07) is 6.59. The fourth-order valence-electron chi connectivity index (χ4n) is 4.58. The standard InChI is InChI=1S/C22H28N6O2/c1-23-22-11-15(14-5-8-30-9-6-14)16-10-21(29-2)20(12-18(16)25-22)28-13-19(26-27-28)17-4-3-7-24-17/h10-14,17,24H,3-9H2,1-2H3,(H,23,25). The molecule has 0 amide bonds. The molecule has 3 aromatic rings. The zero-order valence-electron chi connectivity index (χ0n) is 17.5. The van der Waals surface area contributed by atoms with Gasteiger partial charge < -0.3 is 20.1 Å². The number of fused-ring (bicyclic) bond motifs is 1. The molecule has 1 unspecified atom stereocenters. The monoisotopic (exact) mass is 408 g/mol. The molecule has 8 nitrogen and oxygen atoms in total. The lowest BCUT2D eigenvalue weighted by Crippen LogP contribution is -2.15. The molecule has 0 aliphatic carbocycles. The normalized spacial score (nSPS) is 20.0. The third kappa shape index (κ3) is 3.50. The van der Waals surface area contributed by atoms with Gasteiger partial charge in [0, 0.05) is 25.6 Å². The lowest BCUT2D eigenvalue weighted by Gasteiger charge is -2.24. The number of rotatable bonds is 5. The average Bonchev–Trinajstić information content (AvgIpc) is 3.50. The number of pyridine rings is 1. The molecule has 2 fully saturated rings. The number of nitrogens with one attached hydrogen (secondary N) is 2. The Kier molecular flexibility index (Phi) is 5.26. The summed E-state index contributed by atoms with van der Waals surface area (Å²) in [4.78, 5) is 4.82. The second kappa shape index (κ2) is 8.20. The van der Waals surface area contributed by atoms with Crippen molar-refractivity contribution in [3.63, 3.8) is 0 Å². The quantitative estimate of drug-likeness (QED) is 0.670. The van der Waals surface area contributed by atoms with Crippen molar-refractivity contribution in [2.24, 2.45) is 0 Å². The first-order valence-corrected chi connectivity index (χ1v) is 10.7. The van der Waals surface area contributed by atoms with Gasteiger partial charge in [-0.2, -0.15) is 0 Å². The van der Waals surface area contributed by atoms with Crippen molar-refractivity contribution in [2.45, 2.75) is 37.6 Å². The molecule has 0 spiro atoms. The minimum Gasteiger partial charge on any atom is -0.494 e. The molecule has 158 valence electrons. The largest absolute Gasteiger partial charge is 0.494 e. The highest BCUT2D eigenvalue weighted by Crippen LogP contribution is 2.37. The molecule has 2 aromatic heterocycles. The maximum atomic E-state index is 5.77. The molecule has 30 heavy (non-hydrogen) atoms. The SMILES string of the molecule is CNc1cc(C2CCOCC2)c2cc(OC)c(-n3cc(C4CCCN4)nn3)cc2n1. The van der Waals surface area contributed by atoms with Crippen LogP contribution in [-0.4, -0.2) is 53.9 Å². The Morgan fingerprint density at radius 1 is 1.20 bits per heavy atom. The topological polar surface area (TPSA) is 86.1 Å². The number of nitrogens with zero attached hydrogens (tertiary/aromatic N) is 4. The van der Waals surface area contributed by atoms with Crippen LogP contribution >= 0.6 is 0 Å². The zero-order chi connectivity index (χ0) is 20.5. The lowest BCUT2D eigenvalue weighted by molar-refractivity contribution is 0.0856. The van der Waals surface area contributed by atoms with E-state index in [0.717, 1.165) is 72.9 Å². The van der Waals surface area contributed by atoms with Gasteiger partial charge in [0.2, 0.25) is 0 Å². The number of ether oxygens (including phenoxy) is 2. The predicted molar refractivity (Wildman–Crippen MR) is 116 cm³/mol. The first-order valence-electron chi connectivity index (χ1n) is 10.7. The van der Waals surface area contributed by atoms with Gasteiger partial charge in [-0.05, 0) is 61.9 Å².